The maximum atomic E-state index is 13.4. The van der Waals surface area contributed by atoms with E-state index in [1.54, 1.807) is 11.0 Å². The Morgan fingerprint density at radius 3 is 2.43 bits per heavy atom. The zero-order chi connectivity index (χ0) is 25.3. The number of benzene rings is 2. The Morgan fingerprint density at radius 2 is 1.86 bits per heavy atom. The average Bonchev–Trinajstić information content (AvgIpc) is 3.45. The average molecular weight is 478 g/mol. The molecule has 0 aromatic heterocycles. The molecule has 2 aromatic rings. The van der Waals surface area contributed by atoms with E-state index in [1.807, 2.05) is 36.4 Å². The van der Waals surface area contributed by atoms with Gasteiger partial charge in [0.1, 0.15) is 11.5 Å². The maximum absolute atomic E-state index is 13.4. The van der Waals surface area contributed by atoms with E-state index >= 15 is 0 Å². The molecule has 2 saturated heterocycles. The molecule has 2 fully saturated rings. The molecule has 2 heterocycles. The van der Waals surface area contributed by atoms with Crippen LogP contribution in [-0.4, -0.2) is 48.1 Å². The molecule has 2 aliphatic heterocycles. The van der Waals surface area contributed by atoms with E-state index in [-0.39, 0.29) is 22.9 Å². The minimum Gasteiger partial charge on any atom is -0.507 e. The minimum atomic E-state index is -0.701. The summed E-state index contributed by atoms with van der Waals surface area (Å²) in [7, 11) is 1.53. The van der Waals surface area contributed by atoms with Crippen molar-refractivity contribution in [2.45, 2.75) is 64.5 Å². The minimum absolute atomic E-state index is 0.0848. The van der Waals surface area contributed by atoms with Crippen LogP contribution in [0.2, 0.25) is 0 Å². The molecule has 4 rings (SSSR count). The summed E-state index contributed by atoms with van der Waals surface area (Å²) in [6.45, 7) is 9.27. The van der Waals surface area contributed by atoms with Gasteiger partial charge in [0.2, 0.25) is 0 Å². The predicted octanol–water partition coefficient (Wildman–Crippen LogP) is 5.16. The van der Waals surface area contributed by atoms with Crippen molar-refractivity contribution in [3.63, 3.8) is 0 Å². The number of aliphatic hydroxyl groups excluding tert-OH is 1. The third-order valence-electron chi connectivity index (χ3n) is 6.99. The number of ketones is 1. The summed E-state index contributed by atoms with van der Waals surface area (Å²) in [4.78, 5) is 28.2. The van der Waals surface area contributed by atoms with Crippen LogP contribution in [0.3, 0.4) is 0 Å². The van der Waals surface area contributed by atoms with Gasteiger partial charge in [0.15, 0.2) is 0 Å². The number of amides is 1. The van der Waals surface area contributed by atoms with Crippen LogP contribution in [-0.2, 0) is 26.2 Å². The summed E-state index contributed by atoms with van der Waals surface area (Å²) in [6.07, 6.45) is 2.53. The number of carbonyl (C=O) groups excluding carboxylic acids is 2. The van der Waals surface area contributed by atoms with E-state index in [0.717, 1.165) is 36.0 Å². The highest BCUT2D eigenvalue weighted by atomic mass is 16.5. The smallest absolute Gasteiger partial charge is 0.295 e. The van der Waals surface area contributed by atoms with Crippen LogP contribution in [0.1, 0.15) is 68.8 Å². The summed E-state index contributed by atoms with van der Waals surface area (Å²) in [5.41, 5.74) is 3.24. The molecule has 1 amide bonds. The highest BCUT2D eigenvalue weighted by Crippen LogP contribution is 2.42. The van der Waals surface area contributed by atoms with Crippen molar-refractivity contribution < 1.29 is 24.2 Å². The Labute approximate surface area is 207 Å². The fourth-order valence-corrected chi connectivity index (χ4v) is 4.86. The van der Waals surface area contributed by atoms with E-state index in [4.69, 9.17) is 9.47 Å². The molecule has 0 bridgehead atoms. The summed E-state index contributed by atoms with van der Waals surface area (Å²) in [5, 5.41) is 11.6. The lowest BCUT2D eigenvalue weighted by molar-refractivity contribution is -0.140. The number of methoxy groups -OCH3 is 1. The second-order valence-corrected chi connectivity index (χ2v) is 10.3. The zero-order valence-corrected chi connectivity index (χ0v) is 21.3. The van der Waals surface area contributed by atoms with Crippen LogP contribution < -0.4 is 4.74 Å². The molecule has 2 unspecified atom stereocenters. The van der Waals surface area contributed by atoms with E-state index in [2.05, 4.69) is 27.7 Å². The van der Waals surface area contributed by atoms with Crippen molar-refractivity contribution in [2.24, 2.45) is 0 Å². The fraction of sp³-hybridized carbons (Fsp3) is 0.448. The largest absolute Gasteiger partial charge is 0.507 e. The highest BCUT2D eigenvalue weighted by Gasteiger charge is 2.47. The normalized spacial score (nSPS) is 22.1. The van der Waals surface area contributed by atoms with Crippen LogP contribution >= 0.6 is 0 Å². The molecule has 6 nitrogen and oxygen atoms in total. The molecule has 6 heteroatoms. The number of carbonyl (C=O) groups is 2. The third-order valence-corrected chi connectivity index (χ3v) is 6.99. The van der Waals surface area contributed by atoms with Gasteiger partial charge in [0, 0.05) is 13.2 Å². The molecule has 2 aliphatic rings. The predicted molar refractivity (Wildman–Crippen MR) is 135 cm³/mol. The number of aryl methyl sites for hydroxylation is 1. The molecule has 0 saturated carbocycles. The number of hydrogen-bond acceptors (Lipinski definition) is 5. The first kappa shape index (κ1) is 25.0. The number of likely N-dealkylation sites (tertiary alicyclic amines) is 1. The van der Waals surface area contributed by atoms with Gasteiger partial charge in [-0.25, -0.2) is 0 Å². The van der Waals surface area contributed by atoms with Crippen molar-refractivity contribution >= 4 is 17.4 Å². The quantitative estimate of drug-likeness (QED) is 0.354. The molecule has 186 valence electrons. The van der Waals surface area contributed by atoms with Crippen LogP contribution in [0, 0.1) is 0 Å². The number of ether oxygens (including phenoxy) is 2. The van der Waals surface area contributed by atoms with Gasteiger partial charge in [-0.15, -0.1) is 0 Å². The number of rotatable bonds is 6. The first-order valence-corrected chi connectivity index (χ1v) is 12.3. The lowest BCUT2D eigenvalue weighted by Gasteiger charge is -2.28. The number of Topliss-reactive ketones (excluding diaryl/α,β-unsaturated/α-hetero) is 1. The van der Waals surface area contributed by atoms with Crippen molar-refractivity contribution in [3.05, 3.63) is 70.3 Å². The van der Waals surface area contributed by atoms with Crippen molar-refractivity contribution in [1.82, 2.24) is 4.90 Å². The third kappa shape index (κ3) is 4.85. The van der Waals surface area contributed by atoms with Gasteiger partial charge in [0.25, 0.3) is 11.7 Å². The molecule has 0 radical (unpaired) electrons. The monoisotopic (exact) mass is 477 g/mol. The Balaban J connectivity index is 1.88. The van der Waals surface area contributed by atoms with E-state index in [1.165, 1.54) is 7.11 Å². The Bertz CT molecular complexity index is 1140. The Kier molecular flexibility index (Phi) is 7.04. The summed E-state index contributed by atoms with van der Waals surface area (Å²) in [6, 6.07) is 12.8. The van der Waals surface area contributed by atoms with Gasteiger partial charge >= 0.3 is 0 Å². The SMILES string of the molecule is CCc1ccc(C2/C(=C(\O)c3cc(C(C)(C)C)ccc3OC)C(=O)C(=O)N2CC2CCCO2)cc1. The molecule has 35 heavy (non-hydrogen) atoms. The van der Waals surface area contributed by atoms with Gasteiger partial charge < -0.3 is 19.5 Å². The molecule has 0 aliphatic carbocycles. The number of nitrogens with zero attached hydrogens (tertiary/aromatic N) is 1. The molecular formula is C29H35NO5. The van der Waals surface area contributed by atoms with Gasteiger partial charge in [-0.05, 0) is 53.5 Å². The topological polar surface area (TPSA) is 76.1 Å². The lowest BCUT2D eigenvalue weighted by atomic mass is 9.85. The number of hydrogen-bond donors (Lipinski definition) is 1. The van der Waals surface area contributed by atoms with Crippen molar-refractivity contribution in [3.8, 4) is 5.75 Å². The first-order chi connectivity index (χ1) is 16.7. The standard InChI is InChI=1S/C29H35NO5/c1-6-18-9-11-19(12-10-18)25-24(27(32)28(33)30(25)17-21-8-7-15-35-21)26(31)22-16-20(29(2,3)4)13-14-23(22)34-5/h9-14,16,21,25,31H,6-8,15,17H2,1-5H3/b26-24+. The van der Waals surface area contributed by atoms with Gasteiger partial charge in [-0.3, -0.25) is 9.59 Å². The summed E-state index contributed by atoms with van der Waals surface area (Å²) < 4.78 is 11.3. The molecule has 0 spiro atoms. The summed E-state index contributed by atoms with van der Waals surface area (Å²) in [5.74, 6) is -1.07. The van der Waals surface area contributed by atoms with Crippen LogP contribution in [0.4, 0.5) is 0 Å². The maximum Gasteiger partial charge on any atom is 0.295 e. The highest BCUT2D eigenvalue weighted by molar-refractivity contribution is 6.46. The number of aliphatic hydroxyl groups is 1. The van der Waals surface area contributed by atoms with Crippen LogP contribution in [0.5, 0.6) is 5.75 Å². The van der Waals surface area contributed by atoms with Crippen molar-refractivity contribution in [2.75, 3.05) is 20.3 Å². The van der Waals surface area contributed by atoms with Crippen LogP contribution in [0.15, 0.2) is 48.0 Å². The van der Waals surface area contributed by atoms with Gasteiger partial charge in [-0.1, -0.05) is 58.0 Å². The molecule has 2 aromatic carbocycles. The second kappa shape index (κ2) is 9.86. The van der Waals surface area contributed by atoms with Crippen LogP contribution in [0.25, 0.3) is 5.76 Å². The Morgan fingerprint density at radius 1 is 1.14 bits per heavy atom. The zero-order valence-electron chi connectivity index (χ0n) is 21.3. The second-order valence-electron chi connectivity index (χ2n) is 10.3. The summed E-state index contributed by atoms with van der Waals surface area (Å²) >= 11 is 0. The van der Waals surface area contributed by atoms with Gasteiger partial charge in [0.05, 0.1) is 30.4 Å². The lowest BCUT2D eigenvalue weighted by Crippen LogP contribution is -2.36. The van der Waals surface area contributed by atoms with Gasteiger partial charge in [-0.2, -0.15) is 0 Å². The van der Waals surface area contributed by atoms with E-state index in [0.29, 0.717) is 24.5 Å². The molecule has 1 N–H and O–H groups in total. The molecular weight excluding hydrogens is 442 g/mol. The Hall–Kier alpha value is -3.12. The molecule has 2 atom stereocenters. The van der Waals surface area contributed by atoms with E-state index < -0.39 is 17.7 Å². The van der Waals surface area contributed by atoms with Crippen molar-refractivity contribution in [1.29, 1.82) is 0 Å². The van der Waals surface area contributed by atoms with E-state index in [9.17, 15) is 14.7 Å². The first-order valence-electron chi connectivity index (χ1n) is 12.3. The fourth-order valence-electron chi connectivity index (χ4n) is 4.86.